The number of aromatic nitrogens is 1. The van der Waals surface area contributed by atoms with E-state index in [9.17, 15) is 4.79 Å². The molecule has 0 radical (unpaired) electrons. The Bertz CT molecular complexity index is 374. The van der Waals surface area contributed by atoms with E-state index >= 15 is 0 Å². The number of aryl methyl sites for hydroxylation is 1. The number of carboxylic acid groups (broad SMARTS) is 1. The summed E-state index contributed by atoms with van der Waals surface area (Å²) in [5, 5.41) is 8.84. The Morgan fingerprint density at radius 2 is 2.43 bits per heavy atom. The van der Waals surface area contributed by atoms with E-state index < -0.39 is 5.97 Å². The van der Waals surface area contributed by atoms with Gasteiger partial charge in [0.1, 0.15) is 0 Å². The van der Waals surface area contributed by atoms with Crippen LogP contribution >= 0.6 is 12.6 Å². The van der Waals surface area contributed by atoms with E-state index in [1.165, 1.54) is 0 Å². The van der Waals surface area contributed by atoms with Gasteiger partial charge in [0.15, 0.2) is 5.69 Å². The number of nitrogens with zero attached hydrogens (tertiary/aromatic N) is 1. The molecule has 1 heterocycles. The smallest absolute Gasteiger partial charge is 0.355 e. The fourth-order valence-corrected chi connectivity index (χ4v) is 1.18. The molecule has 0 atom stereocenters. The largest absolute Gasteiger partial charge is 0.476 e. The number of hydrogen-bond donors (Lipinski definition) is 2. The zero-order valence-corrected chi connectivity index (χ0v) is 8.66. The summed E-state index contributed by atoms with van der Waals surface area (Å²) >= 11 is 4.01. The molecule has 74 valence electrons. The molecule has 0 saturated heterocycles. The lowest BCUT2D eigenvalue weighted by Gasteiger charge is -2.00. The van der Waals surface area contributed by atoms with Gasteiger partial charge in [-0.05, 0) is 18.6 Å². The zero-order valence-electron chi connectivity index (χ0n) is 7.77. The van der Waals surface area contributed by atoms with Gasteiger partial charge in [0.25, 0.3) is 0 Å². The Balaban J connectivity index is 3.15. The molecule has 0 aliphatic rings. The summed E-state index contributed by atoms with van der Waals surface area (Å²) in [4.78, 5) is 14.6. The van der Waals surface area contributed by atoms with Crippen LogP contribution in [0.1, 0.15) is 21.6 Å². The van der Waals surface area contributed by atoms with Crippen LogP contribution in [0.25, 0.3) is 6.08 Å². The van der Waals surface area contributed by atoms with Gasteiger partial charge in [0, 0.05) is 17.5 Å². The summed E-state index contributed by atoms with van der Waals surface area (Å²) in [5.41, 5.74) is 1.63. The number of rotatable bonds is 3. The van der Waals surface area contributed by atoms with E-state index in [-0.39, 0.29) is 5.69 Å². The normalized spacial score (nSPS) is 10.7. The molecule has 1 aromatic rings. The zero-order chi connectivity index (χ0) is 10.6. The Hall–Kier alpha value is -1.29. The average molecular weight is 209 g/mol. The van der Waals surface area contributed by atoms with Crippen LogP contribution in [0.3, 0.4) is 0 Å². The molecule has 0 bridgehead atoms. The predicted octanol–water partition coefficient (Wildman–Crippen LogP) is 2.03. The van der Waals surface area contributed by atoms with Crippen LogP contribution < -0.4 is 0 Å². The van der Waals surface area contributed by atoms with Gasteiger partial charge in [-0.3, -0.25) is 0 Å². The molecule has 0 aliphatic heterocycles. The van der Waals surface area contributed by atoms with Crippen LogP contribution in [0, 0.1) is 6.92 Å². The molecule has 4 heteroatoms. The van der Waals surface area contributed by atoms with E-state index in [2.05, 4.69) is 17.6 Å². The molecule has 0 amide bonds. The fraction of sp³-hybridized carbons (Fsp3) is 0.200. The van der Waals surface area contributed by atoms with Crippen LogP contribution in [0.2, 0.25) is 0 Å². The average Bonchev–Trinajstić information content (AvgIpc) is 2.14. The molecule has 0 spiro atoms. The van der Waals surface area contributed by atoms with Crippen molar-refractivity contribution in [3.63, 3.8) is 0 Å². The molecular formula is C10H11NO2S. The summed E-state index contributed by atoms with van der Waals surface area (Å²) in [7, 11) is 0. The van der Waals surface area contributed by atoms with Gasteiger partial charge in [0.2, 0.25) is 0 Å². The van der Waals surface area contributed by atoms with E-state index in [0.717, 1.165) is 5.56 Å². The number of carbonyl (C=O) groups is 1. The Morgan fingerprint density at radius 1 is 1.71 bits per heavy atom. The van der Waals surface area contributed by atoms with E-state index in [0.29, 0.717) is 11.3 Å². The van der Waals surface area contributed by atoms with E-state index in [1.54, 1.807) is 24.4 Å². The van der Waals surface area contributed by atoms with Crippen LogP contribution in [0.5, 0.6) is 0 Å². The van der Waals surface area contributed by atoms with Gasteiger partial charge < -0.3 is 5.11 Å². The van der Waals surface area contributed by atoms with Crippen molar-refractivity contribution in [1.82, 2.24) is 4.98 Å². The molecule has 0 aliphatic carbocycles. The minimum absolute atomic E-state index is 0.0774. The maximum atomic E-state index is 10.8. The molecule has 3 nitrogen and oxygen atoms in total. The van der Waals surface area contributed by atoms with Crippen LogP contribution in [-0.2, 0) is 0 Å². The van der Waals surface area contributed by atoms with Crippen molar-refractivity contribution in [2.75, 3.05) is 5.75 Å². The first-order valence-electron chi connectivity index (χ1n) is 4.12. The number of pyridine rings is 1. The van der Waals surface area contributed by atoms with Gasteiger partial charge in [-0.1, -0.05) is 12.2 Å². The molecule has 14 heavy (non-hydrogen) atoms. The van der Waals surface area contributed by atoms with Crippen molar-refractivity contribution in [2.45, 2.75) is 6.92 Å². The van der Waals surface area contributed by atoms with Gasteiger partial charge in [-0.2, -0.15) is 12.6 Å². The summed E-state index contributed by atoms with van der Waals surface area (Å²) in [6.45, 7) is 1.87. The molecule has 0 aromatic carbocycles. The first-order valence-corrected chi connectivity index (χ1v) is 4.75. The number of aromatic carboxylic acids is 1. The fourth-order valence-electron chi connectivity index (χ4n) is 1.08. The predicted molar refractivity (Wildman–Crippen MR) is 58.8 cm³/mol. The van der Waals surface area contributed by atoms with Crippen molar-refractivity contribution in [3.05, 3.63) is 35.2 Å². The Kier molecular flexibility index (Phi) is 3.71. The lowest BCUT2D eigenvalue weighted by Crippen LogP contribution is -2.03. The van der Waals surface area contributed by atoms with Crippen molar-refractivity contribution in [3.8, 4) is 0 Å². The second-order valence-corrected chi connectivity index (χ2v) is 3.21. The lowest BCUT2D eigenvalue weighted by molar-refractivity contribution is 0.0690. The molecule has 0 saturated carbocycles. The molecule has 0 unspecified atom stereocenters. The summed E-state index contributed by atoms with van der Waals surface area (Å²) in [5.74, 6) is -0.434. The number of carboxylic acids is 1. The highest BCUT2D eigenvalue weighted by Crippen LogP contribution is 2.10. The highest BCUT2D eigenvalue weighted by molar-refractivity contribution is 7.80. The van der Waals surface area contributed by atoms with Crippen molar-refractivity contribution in [1.29, 1.82) is 0 Å². The minimum atomic E-state index is -1.01. The van der Waals surface area contributed by atoms with E-state index in [1.807, 2.05) is 6.92 Å². The third kappa shape index (κ3) is 2.60. The van der Waals surface area contributed by atoms with Gasteiger partial charge in [0.05, 0.1) is 0 Å². The Labute approximate surface area is 87.9 Å². The maximum Gasteiger partial charge on any atom is 0.355 e. The van der Waals surface area contributed by atoms with Gasteiger partial charge >= 0.3 is 5.97 Å². The number of thiol groups is 1. The third-order valence-corrected chi connectivity index (χ3v) is 1.87. The molecule has 1 rings (SSSR count). The SMILES string of the molecule is Cc1cnc(C(=O)O)c(C=CCS)c1. The quantitative estimate of drug-likeness (QED) is 0.749. The van der Waals surface area contributed by atoms with Crippen molar-refractivity contribution in [2.24, 2.45) is 0 Å². The van der Waals surface area contributed by atoms with Crippen LogP contribution in [0.4, 0.5) is 0 Å². The second-order valence-electron chi connectivity index (χ2n) is 2.84. The van der Waals surface area contributed by atoms with Crippen molar-refractivity contribution < 1.29 is 9.90 Å². The standard InChI is InChI=1S/C10H11NO2S/c1-7-5-8(3-2-4-14)9(10(12)13)11-6-7/h2-3,5-6,14H,4H2,1H3,(H,12,13). The summed E-state index contributed by atoms with van der Waals surface area (Å²) < 4.78 is 0. The van der Waals surface area contributed by atoms with Crippen LogP contribution in [-0.4, -0.2) is 21.8 Å². The van der Waals surface area contributed by atoms with Crippen molar-refractivity contribution >= 4 is 24.7 Å². The third-order valence-electron chi connectivity index (χ3n) is 1.66. The maximum absolute atomic E-state index is 10.8. The van der Waals surface area contributed by atoms with E-state index in [4.69, 9.17) is 5.11 Å². The minimum Gasteiger partial charge on any atom is -0.476 e. The summed E-state index contributed by atoms with van der Waals surface area (Å²) in [6.07, 6.45) is 5.05. The highest BCUT2D eigenvalue weighted by Gasteiger charge is 2.08. The Morgan fingerprint density at radius 3 is 3.00 bits per heavy atom. The lowest BCUT2D eigenvalue weighted by atomic mass is 10.1. The monoisotopic (exact) mass is 209 g/mol. The van der Waals surface area contributed by atoms with Crippen LogP contribution in [0.15, 0.2) is 18.3 Å². The first kappa shape index (κ1) is 10.8. The molecule has 1 aromatic heterocycles. The molecular weight excluding hydrogens is 198 g/mol. The first-order chi connectivity index (χ1) is 6.65. The van der Waals surface area contributed by atoms with Gasteiger partial charge in [-0.25, -0.2) is 9.78 Å². The number of hydrogen-bond acceptors (Lipinski definition) is 3. The summed E-state index contributed by atoms with van der Waals surface area (Å²) in [6, 6.07) is 1.79. The molecule has 0 fully saturated rings. The van der Waals surface area contributed by atoms with Gasteiger partial charge in [-0.15, -0.1) is 0 Å². The highest BCUT2D eigenvalue weighted by atomic mass is 32.1. The second kappa shape index (κ2) is 4.81. The topological polar surface area (TPSA) is 50.2 Å². The molecule has 1 N–H and O–H groups in total.